The summed E-state index contributed by atoms with van der Waals surface area (Å²) in [6.07, 6.45) is 0.774. The second kappa shape index (κ2) is 10.2. The van der Waals surface area contributed by atoms with Crippen LogP contribution in [0.4, 0.5) is 5.69 Å². The van der Waals surface area contributed by atoms with E-state index >= 15 is 0 Å². The number of nitrogens with one attached hydrogen (secondary N) is 2. The van der Waals surface area contributed by atoms with Crippen molar-refractivity contribution in [3.05, 3.63) is 54.6 Å². The number of anilines is 1. The molecule has 0 spiro atoms. The van der Waals surface area contributed by atoms with Crippen molar-refractivity contribution in [1.82, 2.24) is 10.2 Å². The van der Waals surface area contributed by atoms with Gasteiger partial charge < -0.3 is 20.3 Å². The van der Waals surface area contributed by atoms with Gasteiger partial charge in [0, 0.05) is 45.7 Å². The van der Waals surface area contributed by atoms with Crippen LogP contribution in [0.15, 0.2) is 54.6 Å². The summed E-state index contributed by atoms with van der Waals surface area (Å²) in [5.41, 5.74) is 0.721. The molecule has 2 N–H and O–H groups in total. The van der Waals surface area contributed by atoms with Gasteiger partial charge in [-0.05, 0) is 36.4 Å². The fraction of sp³-hybridized carbons (Fsp3) is 0.300. The summed E-state index contributed by atoms with van der Waals surface area (Å²) < 4.78 is 5.71. The van der Waals surface area contributed by atoms with E-state index in [0.717, 1.165) is 11.4 Å². The molecule has 0 aliphatic carbocycles. The van der Waals surface area contributed by atoms with E-state index in [9.17, 15) is 9.59 Å². The molecular formula is C20H25N3O3. The fourth-order valence-corrected chi connectivity index (χ4v) is 2.20. The van der Waals surface area contributed by atoms with Gasteiger partial charge in [0.05, 0.1) is 0 Å². The van der Waals surface area contributed by atoms with Gasteiger partial charge in [-0.2, -0.15) is 0 Å². The van der Waals surface area contributed by atoms with Gasteiger partial charge in [0.15, 0.2) is 0 Å². The second-order valence-electron chi connectivity index (χ2n) is 6.03. The first-order chi connectivity index (χ1) is 12.5. The number of rotatable bonds is 9. The van der Waals surface area contributed by atoms with Crippen molar-refractivity contribution in [1.29, 1.82) is 0 Å². The predicted molar refractivity (Wildman–Crippen MR) is 102 cm³/mol. The van der Waals surface area contributed by atoms with Crippen LogP contribution in [0.1, 0.15) is 12.8 Å². The molecule has 138 valence electrons. The third-order valence-corrected chi connectivity index (χ3v) is 3.66. The number of amides is 2. The zero-order valence-corrected chi connectivity index (χ0v) is 15.2. The van der Waals surface area contributed by atoms with Crippen LogP contribution in [-0.2, 0) is 9.59 Å². The van der Waals surface area contributed by atoms with E-state index in [4.69, 9.17) is 4.74 Å². The number of carbonyl (C=O) groups is 2. The Labute approximate surface area is 154 Å². The Morgan fingerprint density at radius 1 is 0.885 bits per heavy atom. The molecule has 2 aromatic carbocycles. The molecule has 0 aromatic heterocycles. The number of carbonyl (C=O) groups excluding carboxylic acids is 2. The van der Waals surface area contributed by atoms with Crippen LogP contribution < -0.4 is 15.4 Å². The summed E-state index contributed by atoms with van der Waals surface area (Å²) in [7, 11) is 3.46. The van der Waals surface area contributed by atoms with E-state index in [1.807, 2.05) is 42.5 Å². The molecule has 0 saturated carbocycles. The van der Waals surface area contributed by atoms with Crippen molar-refractivity contribution in [3.8, 4) is 11.5 Å². The standard InChI is InChI=1S/C20H25N3O3/c1-23(2)20(25)13-15-21-14-12-19(24)22-16-8-10-18(11-9-16)26-17-6-4-3-5-7-17/h3-11,21H,12-15H2,1-2H3,(H,22,24). The highest BCUT2D eigenvalue weighted by Crippen LogP contribution is 2.22. The average Bonchev–Trinajstić information content (AvgIpc) is 2.63. The molecule has 6 heteroatoms. The largest absolute Gasteiger partial charge is 0.457 e. The van der Waals surface area contributed by atoms with Crippen LogP contribution in [0.2, 0.25) is 0 Å². The molecule has 0 unspecified atom stereocenters. The molecule has 0 aliphatic heterocycles. The molecule has 2 aromatic rings. The Morgan fingerprint density at radius 3 is 2.15 bits per heavy atom. The fourth-order valence-electron chi connectivity index (χ4n) is 2.20. The number of nitrogens with zero attached hydrogens (tertiary/aromatic N) is 1. The normalized spacial score (nSPS) is 10.2. The average molecular weight is 355 g/mol. The molecule has 2 rings (SSSR count). The van der Waals surface area contributed by atoms with Crippen LogP contribution in [0, 0.1) is 0 Å². The lowest BCUT2D eigenvalue weighted by Gasteiger charge is -2.10. The molecule has 6 nitrogen and oxygen atoms in total. The summed E-state index contributed by atoms with van der Waals surface area (Å²) >= 11 is 0. The second-order valence-corrected chi connectivity index (χ2v) is 6.03. The number of ether oxygens (including phenoxy) is 1. The topological polar surface area (TPSA) is 70.7 Å². The van der Waals surface area contributed by atoms with Gasteiger partial charge >= 0.3 is 0 Å². The van der Waals surface area contributed by atoms with Gasteiger partial charge in [-0.1, -0.05) is 18.2 Å². The first-order valence-corrected chi connectivity index (χ1v) is 8.58. The van der Waals surface area contributed by atoms with Crippen molar-refractivity contribution < 1.29 is 14.3 Å². The molecule has 0 aliphatic rings. The van der Waals surface area contributed by atoms with E-state index in [0.29, 0.717) is 31.7 Å². The molecule has 2 amide bonds. The van der Waals surface area contributed by atoms with Gasteiger partial charge in [-0.3, -0.25) is 9.59 Å². The number of para-hydroxylation sites is 1. The minimum Gasteiger partial charge on any atom is -0.457 e. The summed E-state index contributed by atoms with van der Waals surface area (Å²) in [5, 5.41) is 5.94. The van der Waals surface area contributed by atoms with Crippen LogP contribution in [0.5, 0.6) is 11.5 Å². The van der Waals surface area contributed by atoms with Gasteiger partial charge in [0.1, 0.15) is 11.5 Å². The van der Waals surface area contributed by atoms with Crippen LogP contribution in [-0.4, -0.2) is 43.9 Å². The maximum Gasteiger partial charge on any atom is 0.225 e. The molecule has 0 heterocycles. The van der Waals surface area contributed by atoms with E-state index in [1.165, 1.54) is 0 Å². The summed E-state index contributed by atoms with van der Waals surface area (Å²) in [4.78, 5) is 24.9. The summed E-state index contributed by atoms with van der Waals surface area (Å²) in [6.45, 7) is 1.09. The highest BCUT2D eigenvalue weighted by molar-refractivity contribution is 5.90. The highest BCUT2D eigenvalue weighted by Gasteiger charge is 2.05. The van der Waals surface area contributed by atoms with E-state index < -0.39 is 0 Å². The van der Waals surface area contributed by atoms with Crippen molar-refractivity contribution in [2.45, 2.75) is 12.8 Å². The maximum absolute atomic E-state index is 11.9. The summed E-state index contributed by atoms with van der Waals surface area (Å²) in [5.74, 6) is 1.47. The lowest BCUT2D eigenvalue weighted by Crippen LogP contribution is -2.28. The Morgan fingerprint density at radius 2 is 1.50 bits per heavy atom. The monoisotopic (exact) mass is 355 g/mol. The van der Waals surface area contributed by atoms with E-state index in [-0.39, 0.29) is 11.8 Å². The Hall–Kier alpha value is -2.86. The zero-order chi connectivity index (χ0) is 18.8. The third kappa shape index (κ3) is 6.94. The number of benzene rings is 2. The molecule has 0 radical (unpaired) electrons. The van der Waals surface area contributed by atoms with Gasteiger partial charge in [0.25, 0.3) is 0 Å². The molecular weight excluding hydrogens is 330 g/mol. The van der Waals surface area contributed by atoms with E-state index in [1.54, 1.807) is 31.1 Å². The lowest BCUT2D eigenvalue weighted by atomic mass is 10.3. The lowest BCUT2D eigenvalue weighted by molar-refractivity contribution is -0.128. The van der Waals surface area contributed by atoms with Crippen LogP contribution in [0.25, 0.3) is 0 Å². The minimum atomic E-state index is -0.0758. The number of hydrogen-bond donors (Lipinski definition) is 2. The van der Waals surface area contributed by atoms with Crippen molar-refractivity contribution in [2.75, 3.05) is 32.5 Å². The Kier molecular flexibility index (Phi) is 7.64. The first kappa shape index (κ1) is 19.5. The predicted octanol–water partition coefficient (Wildman–Crippen LogP) is 2.88. The van der Waals surface area contributed by atoms with Crippen molar-refractivity contribution in [3.63, 3.8) is 0 Å². The van der Waals surface area contributed by atoms with Crippen LogP contribution in [0.3, 0.4) is 0 Å². The SMILES string of the molecule is CN(C)C(=O)CCNCCC(=O)Nc1ccc(Oc2ccccc2)cc1. The third-order valence-electron chi connectivity index (χ3n) is 3.66. The van der Waals surface area contributed by atoms with Gasteiger partial charge in [0.2, 0.25) is 11.8 Å². The quantitative estimate of drug-likeness (QED) is 0.679. The Bertz CT molecular complexity index is 700. The molecule has 26 heavy (non-hydrogen) atoms. The smallest absolute Gasteiger partial charge is 0.225 e. The van der Waals surface area contributed by atoms with Crippen LogP contribution >= 0.6 is 0 Å². The highest BCUT2D eigenvalue weighted by atomic mass is 16.5. The van der Waals surface area contributed by atoms with Crippen molar-refractivity contribution >= 4 is 17.5 Å². The van der Waals surface area contributed by atoms with Gasteiger partial charge in [-0.25, -0.2) is 0 Å². The van der Waals surface area contributed by atoms with Gasteiger partial charge in [-0.15, -0.1) is 0 Å². The van der Waals surface area contributed by atoms with E-state index in [2.05, 4.69) is 10.6 Å². The zero-order valence-electron chi connectivity index (χ0n) is 15.2. The van der Waals surface area contributed by atoms with Crippen molar-refractivity contribution in [2.24, 2.45) is 0 Å². The first-order valence-electron chi connectivity index (χ1n) is 8.58. The molecule has 0 atom stereocenters. The number of hydrogen-bond acceptors (Lipinski definition) is 4. The Balaban J connectivity index is 1.68. The summed E-state index contributed by atoms with van der Waals surface area (Å²) in [6, 6.07) is 16.8. The molecule has 0 fully saturated rings. The maximum atomic E-state index is 11.9. The molecule has 0 bridgehead atoms. The minimum absolute atomic E-state index is 0.0692. The molecule has 0 saturated heterocycles.